The molecule has 1 aliphatic rings. The number of nitrogens with zero attached hydrogens (tertiary/aromatic N) is 3. The number of urea groups is 1. The number of thiazole rings is 1. The Morgan fingerprint density at radius 1 is 1.24 bits per heavy atom. The van der Waals surface area contributed by atoms with Crippen LogP contribution in [-0.4, -0.2) is 61.6 Å². The number of anilines is 2. The summed E-state index contributed by atoms with van der Waals surface area (Å²) in [7, 11) is 3.07. The van der Waals surface area contributed by atoms with Crippen molar-refractivity contribution in [1.82, 2.24) is 9.88 Å². The number of aromatic nitrogens is 1. The van der Waals surface area contributed by atoms with Crippen LogP contribution in [0.4, 0.5) is 15.6 Å². The van der Waals surface area contributed by atoms with Crippen LogP contribution in [0.3, 0.4) is 0 Å². The van der Waals surface area contributed by atoms with Crippen molar-refractivity contribution in [3.8, 4) is 11.5 Å². The zero-order chi connectivity index (χ0) is 21.0. The summed E-state index contributed by atoms with van der Waals surface area (Å²) in [4.78, 5) is 43.1. The number of nitrogens with two attached hydrogens (primary N) is 1. The van der Waals surface area contributed by atoms with Crippen molar-refractivity contribution in [3.63, 3.8) is 0 Å². The molecule has 3 rings (SSSR count). The quantitative estimate of drug-likeness (QED) is 0.659. The van der Waals surface area contributed by atoms with E-state index >= 15 is 0 Å². The molecular weight excluding hydrogens is 398 g/mol. The molecule has 1 fully saturated rings. The Morgan fingerprint density at radius 2 is 2.00 bits per heavy atom. The molecule has 11 heteroatoms. The third kappa shape index (κ3) is 4.74. The lowest BCUT2D eigenvalue weighted by molar-refractivity contribution is -0.117. The van der Waals surface area contributed by atoms with Crippen LogP contribution in [0.5, 0.6) is 11.5 Å². The lowest BCUT2D eigenvalue weighted by Gasteiger charge is -2.19. The number of hydrogen-bond acceptors (Lipinski definition) is 7. The van der Waals surface area contributed by atoms with Gasteiger partial charge in [-0.1, -0.05) is 0 Å². The first-order valence-electron chi connectivity index (χ1n) is 8.72. The minimum Gasteiger partial charge on any atom is -0.493 e. The van der Waals surface area contributed by atoms with E-state index in [0.29, 0.717) is 41.1 Å². The predicted octanol–water partition coefficient (Wildman–Crippen LogP) is 1.07. The Kier molecular flexibility index (Phi) is 6.17. The van der Waals surface area contributed by atoms with Gasteiger partial charge in [0.2, 0.25) is 11.8 Å². The first kappa shape index (κ1) is 20.4. The zero-order valence-corrected chi connectivity index (χ0v) is 16.8. The van der Waals surface area contributed by atoms with Crippen LogP contribution in [-0.2, 0) is 16.0 Å². The summed E-state index contributed by atoms with van der Waals surface area (Å²) in [5.41, 5.74) is 6.28. The maximum Gasteiger partial charge on any atom is 0.325 e. The molecule has 10 nitrogen and oxygen atoms in total. The molecule has 1 aromatic heterocycles. The van der Waals surface area contributed by atoms with Gasteiger partial charge in [-0.05, 0) is 12.1 Å². The molecule has 0 saturated carbocycles. The zero-order valence-electron chi connectivity index (χ0n) is 16.0. The lowest BCUT2D eigenvalue weighted by Crippen LogP contribution is -2.37. The Bertz CT molecular complexity index is 931. The van der Waals surface area contributed by atoms with E-state index in [1.165, 1.54) is 30.5 Å². The highest BCUT2D eigenvalue weighted by atomic mass is 32.1. The van der Waals surface area contributed by atoms with Gasteiger partial charge in [0.1, 0.15) is 6.54 Å². The average Bonchev–Trinajstić information content (AvgIpc) is 3.27. The SMILES string of the molecule is COc1ccc(N2CCN(CC(=O)Nc3nc(CC(N)=O)cs3)C2=O)cc1OC. The number of nitrogens with one attached hydrogen (secondary N) is 1. The van der Waals surface area contributed by atoms with Gasteiger partial charge in [-0.2, -0.15) is 0 Å². The summed E-state index contributed by atoms with van der Waals surface area (Å²) in [6.07, 6.45) is 0.0112. The first-order valence-corrected chi connectivity index (χ1v) is 9.60. The molecule has 0 aliphatic carbocycles. The van der Waals surface area contributed by atoms with Crippen LogP contribution in [0, 0.1) is 0 Å². The van der Waals surface area contributed by atoms with E-state index < -0.39 is 5.91 Å². The molecule has 0 spiro atoms. The average molecular weight is 419 g/mol. The van der Waals surface area contributed by atoms with Crippen LogP contribution in [0.2, 0.25) is 0 Å². The number of amides is 4. The standard InChI is InChI=1S/C18H21N5O5S/c1-27-13-4-3-12(8-14(13)28-2)23-6-5-22(18(23)26)9-16(25)21-17-20-11(10-29-17)7-15(19)24/h3-4,8,10H,5-7,9H2,1-2H3,(H2,19,24)(H,20,21,25). The van der Waals surface area contributed by atoms with Gasteiger partial charge >= 0.3 is 6.03 Å². The number of benzene rings is 1. The summed E-state index contributed by atoms with van der Waals surface area (Å²) < 4.78 is 10.5. The number of carbonyl (C=O) groups is 3. The number of primary amides is 1. The van der Waals surface area contributed by atoms with Crippen molar-refractivity contribution in [1.29, 1.82) is 0 Å². The summed E-state index contributed by atoms with van der Waals surface area (Å²) >= 11 is 1.19. The normalized spacial score (nSPS) is 13.5. The molecule has 0 radical (unpaired) electrons. The number of carbonyl (C=O) groups excluding carboxylic acids is 3. The highest BCUT2D eigenvalue weighted by molar-refractivity contribution is 7.13. The molecule has 29 heavy (non-hydrogen) atoms. The summed E-state index contributed by atoms with van der Waals surface area (Å²) in [5.74, 6) is 0.224. The van der Waals surface area contributed by atoms with Crippen LogP contribution < -0.4 is 25.4 Å². The molecule has 2 aromatic rings. The maximum atomic E-state index is 12.7. The molecule has 1 aromatic carbocycles. The van der Waals surface area contributed by atoms with E-state index in [1.807, 2.05) is 0 Å². The number of hydrogen-bond donors (Lipinski definition) is 2. The van der Waals surface area contributed by atoms with Crippen molar-refractivity contribution >= 4 is 40.0 Å². The van der Waals surface area contributed by atoms with Crippen molar-refractivity contribution in [2.24, 2.45) is 5.73 Å². The van der Waals surface area contributed by atoms with E-state index in [-0.39, 0.29) is 24.9 Å². The minimum atomic E-state index is -0.494. The Hall–Kier alpha value is -3.34. The van der Waals surface area contributed by atoms with Crippen LogP contribution >= 0.6 is 11.3 Å². The van der Waals surface area contributed by atoms with Gasteiger partial charge in [-0.25, -0.2) is 9.78 Å². The second-order valence-electron chi connectivity index (χ2n) is 6.23. The summed E-state index contributed by atoms with van der Waals surface area (Å²) in [6.45, 7) is 0.750. The lowest BCUT2D eigenvalue weighted by atomic mass is 10.2. The van der Waals surface area contributed by atoms with E-state index in [0.717, 1.165) is 0 Å². The number of rotatable bonds is 8. The summed E-state index contributed by atoms with van der Waals surface area (Å²) in [6, 6.07) is 4.93. The van der Waals surface area contributed by atoms with Crippen LogP contribution in [0.1, 0.15) is 5.69 Å². The monoisotopic (exact) mass is 419 g/mol. The van der Waals surface area contributed by atoms with Crippen molar-refractivity contribution in [2.75, 3.05) is 44.1 Å². The Morgan fingerprint density at radius 3 is 2.69 bits per heavy atom. The topological polar surface area (TPSA) is 127 Å². The van der Waals surface area contributed by atoms with Gasteiger partial charge in [0.05, 0.1) is 26.3 Å². The maximum absolute atomic E-state index is 12.7. The predicted molar refractivity (Wildman–Crippen MR) is 108 cm³/mol. The first-order chi connectivity index (χ1) is 13.9. The molecule has 154 valence electrons. The Labute approximate surface area is 171 Å². The van der Waals surface area contributed by atoms with Crippen LogP contribution in [0.15, 0.2) is 23.6 Å². The van der Waals surface area contributed by atoms with Gasteiger partial charge in [-0.15, -0.1) is 11.3 Å². The molecular formula is C18H21N5O5S. The number of ether oxygens (including phenoxy) is 2. The third-order valence-corrected chi connectivity index (χ3v) is 5.07. The van der Waals surface area contributed by atoms with E-state index in [9.17, 15) is 14.4 Å². The second-order valence-corrected chi connectivity index (χ2v) is 7.09. The molecule has 1 saturated heterocycles. The largest absolute Gasteiger partial charge is 0.493 e. The van der Waals surface area contributed by atoms with Crippen molar-refractivity contribution in [3.05, 3.63) is 29.3 Å². The summed E-state index contributed by atoms with van der Waals surface area (Å²) in [5, 5.41) is 4.65. The fourth-order valence-corrected chi connectivity index (χ4v) is 3.64. The van der Waals surface area contributed by atoms with Gasteiger partial charge < -0.3 is 25.4 Å². The van der Waals surface area contributed by atoms with Crippen molar-refractivity contribution < 1.29 is 23.9 Å². The van der Waals surface area contributed by atoms with Gasteiger partial charge in [0.15, 0.2) is 16.6 Å². The van der Waals surface area contributed by atoms with E-state index in [1.54, 1.807) is 28.5 Å². The van der Waals surface area contributed by atoms with Crippen molar-refractivity contribution in [2.45, 2.75) is 6.42 Å². The Balaban J connectivity index is 1.60. The molecule has 0 atom stereocenters. The number of methoxy groups -OCH3 is 2. The highest BCUT2D eigenvalue weighted by Crippen LogP contribution is 2.32. The molecule has 0 unspecified atom stereocenters. The molecule has 4 amide bonds. The third-order valence-electron chi connectivity index (χ3n) is 4.26. The van der Waals surface area contributed by atoms with Crippen LogP contribution in [0.25, 0.3) is 0 Å². The highest BCUT2D eigenvalue weighted by Gasteiger charge is 2.31. The molecule has 1 aliphatic heterocycles. The second kappa shape index (κ2) is 8.78. The smallest absolute Gasteiger partial charge is 0.325 e. The van der Waals surface area contributed by atoms with Gasteiger partial charge in [-0.3, -0.25) is 14.5 Å². The van der Waals surface area contributed by atoms with Gasteiger partial charge in [0, 0.05) is 30.2 Å². The fraction of sp³-hybridized carbons (Fsp3) is 0.333. The molecule has 3 N–H and O–H groups in total. The minimum absolute atomic E-state index is 0.0112. The van der Waals surface area contributed by atoms with E-state index in [4.69, 9.17) is 15.2 Å². The van der Waals surface area contributed by atoms with Gasteiger partial charge in [0.25, 0.3) is 0 Å². The fourth-order valence-electron chi connectivity index (χ4n) is 2.92. The van der Waals surface area contributed by atoms with E-state index in [2.05, 4.69) is 10.3 Å². The molecule has 0 bridgehead atoms. The molecule has 2 heterocycles.